The van der Waals surface area contributed by atoms with Crippen LogP contribution in [0.2, 0.25) is 0 Å². The Kier molecular flexibility index (Phi) is 4.66. The number of nitriles is 1. The van der Waals surface area contributed by atoms with Crippen molar-refractivity contribution in [2.45, 2.75) is 19.4 Å². The number of pyridine rings is 1. The number of benzene rings is 1. The number of fused-ring (bicyclic) bond motifs is 1. The van der Waals surface area contributed by atoms with Crippen molar-refractivity contribution in [1.29, 1.82) is 5.26 Å². The van der Waals surface area contributed by atoms with Crippen LogP contribution in [0.25, 0.3) is 0 Å². The Balaban J connectivity index is 2.30. The standard InChI is InChI=1S/C18H16BrN3O3/c1-10-8-14-16(18(24)22(10)6-7-23)15(13(9-20)17(21)25-14)11-2-4-12(19)5-3-11/h2-5,8,15,23H,6-7,21H2,1H3. The van der Waals surface area contributed by atoms with E-state index in [0.29, 0.717) is 17.0 Å². The Labute approximate surface area is 152 Å². The molecule has 7 heteroatoms. The van der Waals surface area contributed by atoms with E-state index < -0.39 is 5.92 Å². The number of aliphatic hydroxyl groups excluding tert-OH is 1. The molecule has 1 aliphatic rings. The van der Waals surface area contributed by atoms with E-state index in [1.807, 2.05) is 24.3 Å². The zero-order valence-corrected chi connectivity index (χ0v) is 15.1. The van der Waals surface area contributed by atoms with Crippen LogP contribution in [0.5, 0.6) is 5.75 Å². The summed E-state index contributed by atoms with van der Waals surface area (Å²) in [5.74, 6) is -0.261. The van der Waals surface area contributed by atoms with Crippen LogP contribution < -0.4 is 16.0 Å². The van der Waals surface area contributed by atoms with Gasteiger partial charge in [-0.1, -0.05) is 28.1 Å². The fourth-order valence-corrected chi connectivity index (χ4v) is 3.32. The highest BCUT2D eigenvalue weighted by Gasteiger charge is 2.34. The molecule has 0 radical (unpaired) electrons. The first kappa shape index (κ1) is 17.3. The van der Waals surface area contributed by atoms with Crippen molar-refractivity contribution in [1.82, 2.24) is 4.57 Å². The van der Waals surface area contributed by atoms with Gasteiger partial charge in [-0.3, -0.25) is 4.79 Å². The molecule has 128 valence electrons. The van der Waals surface area contributed by atoms with Gasteiger partial charge in [-0.05, 0) is 24.6 Å². The Bertz CT molecular complexity index is 955. The van der Waals surface area contributed by atoms with Gasteiger partial charge in [0.25, 0.3) is 5.56 Å². The van der Waals surface area contributed by atoms with Crippen LogP contribution >= 0.6 is 15.9 Å². The van der Waals surface area contributed by atoms with Gasteiger partial charge < -0.3 is 20.1 Å². The molecule has 2 aromatic rings. The van der Waals surface area contributed by atoms with Crippen molar-refractivity contribution < 1.29 is 9.84 Å². The monoisotopic (exact) mass is 401 g/mol. The Morgan fingerprint density at radius 2 is 2.08 bits per heavy atom. The Morgan fingerprint density at radius 1 is 1.40 bits per heavy atom. The lowest BCUT2D eigenvalue weighted by molar-refractivity contribution is 0.272. The first-order chi connectivity index (χ1) is 12.0. The second-order valence-electron chi connectivity index (χ2n) is 5.72. The van der Waals surface area contributed by atoms with Gasteiger partial charge in [0.2, 0.25) is 5.88 Å². The summed E-state index contributed by atoms with van der Waals surface area (Å²) < 4.78 is 7.92. The third-order valence-corrected chi connectivity index (χ3v) is 4.75. The summed E-state index contributed by atoms with van der Waals surface area (Å²) in [6.45, 7) is 1.77. The zero-order chi connectivity index (χ0) is 18.1. The van der Waals surface area contributed by atoms with Gasteiger partial charge in [0.05, 0.1) is 18.1 Å². The molecule has 2 heterocycles. The lowest BCUT2D eigenvalue weighted by Gasteiger charge is -2.27. The van der Waals surface area contributed by atoms with Gasteiger partial charge in [0.1, 0.15) is 17.4 Å². The average molecular weight is 402 g/mol. The van der Waals surface area contributed by atoms with Crippen molar-refractivity contribution in [3.8, 4) is 11.8 Å². The zero-order valence-electron chi connectivity index (χ0n) is 13.5. The number of aliphatic hydroxyl groups is 1. The Hall–Kier alpha value is -2.56. The number of hydrogen-bond acceptors (Lipinski definition) is 5. The van der Waals surface area contributed by atoms with Crippen molar-refractivity contribution in [2.24, 2.45) is 5.73 Å². The predicted octanol–water partition coefficient (Wildman–Crippen LogP) is 2.13. The van der Waals surface area contributed by atoms with Gasteiger partial charge in [-0.2, -0.15) is 5.26 Å². The van der Waals surface area contributed by atoms with Crippen LogP contribution in [0.15, 0.2) is 51.1 Å². The van der Waals surface area contributed by atoms with Gasteiger partial charge in [0.15, 0.2) is 0 Å². The summed E-state index contributed by atoms with van der Waals surface area (Å²) in [6.07, 6.45) is 0. The van der Waals surface area contributed by atoms with Crippen molar-refractivity contribution >= 4 is 15.9 Å². The number of halogens is 1. The minimum Gasteiger partial charge on any atom is -0.440 e. The molecule has 0 amide bonds. The number of nitrogens with two attached hydrogens (primary N) is 1. The molecule has 0 saturated carbocycles. The highest BCUT2D eigenvalue weighted by atomic mass is 79.9. The van der Waals surface area contributed by atoms with Crippen molar-refractivity contribution in [3.05, 3.63) is 73.4 Å². The molecule has 0 fully saturated rings. The molecule has 0 bridgehead atoms. The first-order valence-corrected chi connectivity index (χ1v) is 8.45. The topological polar surface area (TPSA) is 101 Å². The second-order valence-corrected chi connectivity index (χ2v) is 6.64. The number of nitrogens with zero attached hydrogens (tertiary/aromatic N) is 2. The lowest BCUT2D eigenvalue weighted by Crippen LogP contribution is -2.33. The fraction of sp³-hybridized carbons (Fsp3) is 0.222. The summed E-state index contributed by atoms with van der Waals surface area (Å²) >= 11 is 3.38. The minimum absolute atomic E-state index is 0.00151. The third-order valence-electron chi connectivity index (χ3n) is 4.22. The number of aryl methyl sites for hydroxylation is 1. The highest BCUT2D eigenvalue weighted by Crippen LogP contribution is 2.40. The average Bonchev–Trinajstić information content (AvgIpc) is 2.58. The first-order valence-electron chi connectivity index (χ1n) is 7.66. The summed E-state index contributed by atoms with van der Waals surface area (Å²) in [4.78, 5) is 13.0. The van der Waals surface area contributed by atoms with Gasteiger partial charge in [0, 0.05) is 22.8 Å². The molecule has 0 spiro atoms. The normalized spacial score (nSPS) is 16.2. The molecular formula is C18H16BrN3O3. The molecular weight excluding hydrogens is 386 g/mol. The smallest absolute Gasteiger partial charge is 0.258 e. The van der Waals surface area contributed by atoms with E-state index in [9.17, 15) is 15.2 Å². The van der Waals surface area contributed by atoms with Gasteiger partial charge in [-0.25, -0.2) is 0 Å². The third kappa shape index (κ3) is 2.95. The van der Waals surface area contributed by atoms with E-state index in [2.05, 4.69) is 22.0 Å². The van der Waals surface area contributed by atoms with Crippen LogP contribution in [-0.2, 0) is 6.54 Å². The second kappa shape index (κ2) is 6.75. The van der Waals surface area contributed by atoms with Crippen LogP contribution in [0, 0.1) is 18.3 Å². The summed E-state index contributed by atoms with van der Waals surface area (Å²) in [6, 6.07) is 11.1. The molecule has 1 atom stereocenters. The summed E-state index contributed by atoms with van der Waals surface area (Å²) in [5.41, 5.74) is 7.62. The fourth-order valence-electron chi connectivity index (χ4n) is 3.05. The summed E-state index contributed by atoms with van der Waals surface area (Å²) in [5, 5.41) is 18.8. The van der Waals surface area contributed by atoms with E-state index in [4.69, 9.17) is 10.5 Å². The minimum atomic E-state index is -0.611. The molecule has 3 rings (SSSR count). The van der Waals surface area contributed by atoms with Gasteiger partial charge >= 0.3 is 0 Å². The largest absolute Gasteiger partial charge is 0.440 e. The number of ether oxygens (including phenoxy) is 1. The van der Waals surface area contributed by atoms with E-state index >= 15 is 0 Å². The number of allylic oxidation sites excluding steroid dienone is 1. The maximum atomic E-state index is 13.0. The summed E-state index contributed by atoms with van der Waals surface area (Å²) in [7, 11) is 0. The van der Waals surface area contributed by atoms with Gasteiger partial charge in [-0.15, -0.1) is 0 Å². The molecule has 25 heavy (non-hydrogen) atoms. The van der Waals surface area contributed by atoms with Crippen molar-refractivity contribution in [2.75, 3.05) is 6.61 Å². The number of aromatic nitrogens is 1. The molecule has 1 aromatic heterocycles. The quantitative estimate of drug-likeness (QED) is 0.819. The SMILES string of the molecule is Cc1cc2c(c(=O)n1CCO)C(c1ccc(Br)cc1)C(C#N)=C(N)O2. The van der Waals surface area contributed by atoms with Crippen LogP contribution in [0.4, 0.5) is 0 Å². The highest BCUT2D eigenvalue weighted by molar-refractivity contribution is 9.10. The van der Waals surface area contributed by atoms with Crippen LogP contribution in [0.3, 0.4) is 0 Å². The predicted molar refractivity (Wildman–Crippen MR) is 96.0 cm³/mol. The Morgan fingerprint density at radius 3 is 2.68 bits per heavy atom. The molecule has 1 aromatic carbocycles. The van der Waals surface area contributed by atoms with E-state index in [1.54, 1.807) is 13.0 Å². The number of hydrogen-bond donors (Lipinski definition) is 2. The van der Waals surface area contributed by atoms with E-state index in [-0.39, 0.29) is 30.2 Å². The van der Waals surface area contributed by atoms with Crippen LogP contribution in [-0.4, -0.2) is 16.3 Å². The maximum absolute atomic E-state index is 13.0. The van der Waals surface area contributed by atoms with E-state index in [0.717, 1.165) is 10.0 Å². The molecule has 1 aliphatic heterocycles. The molecule has 0 saturated heterocycles. The lowest BCUT2D eigenvalue weighted by atomic mass is 9.84. The molecule has 1 unspecified atom stereocenters. The molecule has 0 aliphatic carbocycles. The number of rotatable bonds is 3. The van der Waals surface area contributed by atoms with Crippen LogP contribution in [0.1, 0.15) is 22.7 Å². The molecule has 6 nitrogen and oxygen atoms in total. The van der Waals surface area contributed by atoms with Crippen molar-refractivity contribution in [3.63, 3.8) is 0 Å². The van der Waals surface area contributed by atoms with E-state index in [1.165, 1.54) is 4.57 Å². The molecule has 3 N–H and O–H groups in total. The maximum Gasteiger partial charge on any atom is 0.258 e.